The van der Waals surface area contributed by atoms with Crippen LogP contribution in [0.3, 0.4) is 0 Å². The van der Waals surface area contributed by atoms with Gasteiger partial charge in [0.2, 0.25) is 5.82 Å². The van der Waals surface area contributed by atoms with Crippen molar-refractivity contribution >= 4 is 45.0 Å². The van der Waals surface area contributed by atoms with E-state index in [0.29, 0.717) is 15.1 Å². The van der Waals surface area contributed by atoms with E-state index in [4.69, 9.17) is 16.3 Å². The molecular weight excluding hydrogens is 395 g/mol. The Morgan fingerprint density at radius 1 is 1.39 bits per heavy atom. The number of aryl methyl sites for hydroxylation is 1. The third-order valence-corrected chi connectivity index (χ3v) is 3.59. The second kappa shape index (κ2) is 6.93. The molecule has 0 aliphatic carbocycles. The van der Waals surface area contributed by atoms with Gasteiger partial charge in [0, 0.05) is 11.1 Å². The van der Waals surface area contributed by atoms with E-state index >= 15 is 0 Å². The minimum Gasteiger partial charge on any atom is -0.409 e. The predicted octanol–water partition coefficient (Wildman–Crippen LogP) is 5.07. The average molecular weight is 404 g/mol. The summed E-state index contributed by atoms with van der Waals surface area (Å²) >= 11 is 9.09. The lowest BCUT2D eigenvalue weighted by atomic mass is 10.2. The largest absolute Gasteiger partial charge is 0.417 e. The first kappa shape index (κ1) is 17.2. The van der Waals surface area contributed by atoms with Gasteiger partial charge in [0.25, 0.3) is 0 Å². The van der Waals surface area contributed by atoms with Crippen molar-refractivity contribution in [3.63, 3.8) is 0 Å². The Kier molecular flexibility index (Phi) is 5.17. The van der Waals surface area contributed by atoms with E-state index in [0.717, 1.165) is 12.1 Å². The van der Waals surface area contributed by atoms with Crippen LogP contribution in [0.1, 0.15) is 5.56 Å². The van der Waals surface area contributed by atoms with Crippen LogP contribution >= 0.6 is 27.5 Å². The second-order valence-electron chi connectivity index (χ2n) is 4.47. The number of ether oxygens (including phenoxy) is 1. The molecule has 1 N–H and O–H groups in total. The van der Waals surface area contributed by atoms with E-state index in [1.54, 1.807) is 19.1 Å². The Morgan fingerprint density at radius 2 is 2.09 bits per heavy atom. The average Bonchev–Trinajstić information content (AvgIpc) is 2.44. The summed E-state index contributed by atoms with van der Waals surface area (Å²) in [6, 6.07) is 6.14. The van der Waals surface area contributed by atoms with E-state index in [1.165, 1.54) is 6.07 Å². The first-order valence-corrected chi connectivity index (χ1v) is 7.33. The highest BCUT2D eigenvalue weighted by Gasteiger charge is 2.17. The third kappa shape index (κ3) is 4.17. The Labute approximate surface area is 143 Å². The minimum atomic E-state index is -0.995. The number of rotatable bonds is 3. The van der Waals surface area contributed by atoms with Crippen LogP contribution in [-0.2, 0) is 0 Å². The van der Waals surface area contributed by atoms with Crippen molar-refractivity contribution in [2.75, 3.05) is 5.32 Å². The van der Waals surface area contributed by atoms with Gasteiger partial charge in [0.05, 0.1) is 15.1 Å². The van der Waals surface area contributed by atoms with Gasteiger partial charge in [-0.15, -0.1) is 0 Å². The van der Waals surface area contributed by atoms with Crippen LogP contribution in [-0.4, -0.2) is 11.0 Å². The summed E-state index contributed by atoms with van der Waals surface area (Å²) in [7, 11) is 0. The molecule has 1 amide bonds. The lowest BCUT2D eigenvalue weighted by Gasteiger charge is -2.11. The number of nitro groups is 1. The van der Waals surface area contributed by atoms with Crippen LogP contribution in [0, 0.1) is 22.9 Å². The first-order chi connectivity index (χ1) is 10.8. The highest BCUT2D eigenvalue weighted by Crippen LogP contribution is 2.32. The molecule has 0 aliphatic rings. The third-order valence-electron chi connectivity index (χ3n) is 2.78. The maximum absolute atomic E-state index is 13.2. The number of carbonyl (C=O) groups excluding carboxylic acids is 1. The molecule has 0 spiro atoms. The van der Waals surface area contributed by atoms with Crippen molar-refractivity contribution in [2.45, 2.75) is 6.92 Å². The fourth-order valence-corrected chi connectivity index (χ4v) is 2.83. The van der Waals surface area contributed by atoms with Gasteiger partial charge in [-0.2, -0.15) is 4.39 Å². The standard InChI is InChI=1S/C14H9BrClFN2O4/c1-7-4-8(16)5-10(15)13(7)23-14(20)18-9-2-3-11(17)12(6-9)19(21)22/h2-6H,1H3,(H,18,20). The summed E-state index contributed by atoms with van der Waals surface area (Å²) in [5.41, 5.74) is -0.0953. The number of carbonyl (C=O) groups is 1. The molecule has 0 heterocycles. The molecule has 0 saturated heterocycles. The summed E-state index contributed by atoms with van der Waals surface area (Å²) < 4.78 is 18.9. The molecule has 2 aromatic rings. The van der Waals surface area contributed by atoms with Gasteiger partial charge in [-0.05, 0) is 52.7 Å². The van der Waals surface area contributed by atoms with Crippen LogP contribution in [0.15, 0.2) is 34.8 Å². The zero-order valence-electron chi connectivity index (χ0n) is 11.6. The summed E-state index contributed by atoms with van der Waals surface area (Å²) in [4.78, 5) is 21.7. The SMILES string of the molecule is Cc1cc(Cl)cc(Br)c1OC(=O)Nc1ccc(F)c([N+](=O)[O-])c1. The molecule has 9 heteroatoms. The zero-order chi connectivity index (χ0) is 17.1. The van der Waals surface area contributed by atoms with Crippen molar-refractivity contribution < 1.29 is 18.8 Å². The molecule has 0 radical (unpaired) electrons. The molecule has 2 rings (SSSR count). The van der Waals surface area contributed by atoms with Crippen LogP contribution in [0.5, 0.6) is 5.75 Å². The van der Waals surface area contributed by atoms with E-state index < -0.39 is 22.5 Å². The fraction of sp³-hybridized carbons (Fsp3) is 0.0714. The Hall–Kier alpha value is -2.19. The molecule has 0 aliphatic heterocycles. The fourth-order valence-electron chi connectivity index (χ4n) is 1.78. The maximum Gasteiger partial charge on any atom is 0.417 e. The van der Waals surface area contributed by atoms with Gasteiger partial charge in [-0.25, -0.2) is 4.79 Å². The van der Waals surface area contributed by atoms with Crippen LogP contribution in [0.25, 0.3) is 0 Å². The molecule has 0 atom stereocenters. The summed E-state index contributed by atoms with van der Waals surface area (Å²) in [6.07, 6.45) is -0.878. The minimum absolute atomic E-state index is 0.0332. The molecule has 23 heavy (non-hydrogen) atoms. The van der Waals surface area contributed by atoms with Crippen LogP contribution in [0.4, 0.5) is 20.6 Å². The number of halogens is 3. The van der Waals surface area contributed by atoms with Crippen LogP contribution in [0.2, 0.25) is 5.02 Å². The van der Waals surface area contributed by atoms with Crippen molar-refractivity contribution in [1.82, 2.24) is 0 Å². The Balaban J connectivity index is 2.18. The lowest BCUT2D eigenvalue weighted by molar-refractivity contribution is -0.387. The zero-order valence-corrected chi connectivity index (χ0v) is 13.9. The smallest absolute Gasteiger partial charge is 0.409 e. The maximum atomic E-state index is 13.2. The van der Waals surface area contributed by atoms with E-state index in [2.05, 4.69) is 21.2 Å². The van der Waals surface area contributed by atoms with Crippen LogP contribution < -0.4 is 10.1 Å². The Bertz CT molecular complexity index is 777. The molecule has 2 aromatic carbocycles. The molecule has 0 aromatic heterocycles. The number of benzene rings is 2. The second-order valence-corrected chi connectivity index (χ2v) is 5.76. The van der Waals surface area contributed by atoms with Crippen molar-refractivity contribution in [3.05, 3.63) is 61.3 Å². The van der Waals surface area contributed by atoms with Gasteiger partial charge < -0.3 is 4.74 Å². The van der Waals surface area contributed by atoms with Crippen molar-refractivity contribution in [2.24, 2.45) is 0 Å². The summed E-state index contributed by atoms with van der Waals surface area (Å²) in [5, 5.41) is 13.4. The quantitative estimate of drug-likeness (QED) is 0.573. The molecule has 0 bridgehead atoms. The van der Waals surface area contributed by atoms with Gasteiger partial charge in [0.1, 0.15) is 5.75 Å². The molecular formula is C14H9BrClFN2O4. The monoisotopic (exact) mass is 402 g/mol. The number of hydrogen-bond acceptors (Lipinski definition) is 4. The molecule has 0 saturated carbocycles. The van der Waals surface area contributed by atoms with E-state index in [-0.39, 0.29) is 11.4 Å². The Morgan fingerprint density at radius 3 is 2.70 bits per heavy atom. The van der Waals surface area contributed by atoms with E-state index in [1.807, 2.05) is 0 Å². The highest BCUT2D eigenvalue weighted by atomic mass is 79.9. The molecule has 0 fully saturated rings. The van der Waals surface area contributed by atoms with Crippen molar-refractivity contribution in [1.29, 1.82) is 0 Å². The van der Waals surface area contributed by atoms with Gasteiger partial charge in [0.15, 0.2) is 0 Å². The number of nitrogens with zero attached hydrogens (tertiary/aromatic N) is 1. The predicted molar refractivity (Wildman–Crippen MR) is 86.6 cm³/mol. The number of amides is 1. The number of nitrogens with one attached hydrogen (secondary N) is 1. The molecule has 0 unspecified atom stereocenters. The normalized spacial score (nSPS) is 10.3. The molecule has 120 valence electrons. The highest BCUT2D eigenvalue weighted by molar-refractivity contribution is 9.10. The first-order valence-electron chi connectivity index (χ1n) is 6.16. The lowest BCUT2D eigenvalue weighted by Crippen LogP contribution is -2.17. The van der Waals surface area contributed by atoms with Gasteiger partial charge in [-0.3, -0.25) is 15.4 Å². The van der Waals surface area contributed by atoms with Gasteiger partial charge in [-0.1, -0.05) is 11.6 Å². The number of hydrogen-bond donors (Lipinski definition) is 1. The summed E-state index contributed by atoms with van der Waals surface area (Å²) in [5.74, 6) is -0.742. The van der Waals surface area contributed by atoms with E-state index in [9.17, 15) is 19.3 Å². The summed E-state index contributed by atoms with van der Waals surface area (Å²) in [6.45, 7) is 1.70. The molecule has 6 nitrogen and oxygen atoms in total. The number of anilines is 1. The number of nitro benzene ring substituents is 1. The van der Waals surface area contributed by atoms with Gasteiger partial charge >= 0.3 is 11.8 Å². The topological polar surface area (TPSA) is 81.5 Å². The van der Waals surface area contributed by atoms with Crippen molar-refractivity contribution in [3.8, 4) is 5.75 Å².